The summed E-state index contributed by atoms with van der Waals surface area (Å²) in [5.74, 6) is -0.254. The summed E-state index contributed by atoms with van der Waals surface area (Å²) in [6, 6.07) is 5.57. The number of carbonyl (C=O) groups is 1. The van der Waals surface area contributed by atoms with Crippen LogP contribution in [0.1, 0.15) is 16.1 Å². The second-order valence-corrected chi connectivity index (χ2v) is 8.04. The molecule has 1 saturated heterocycles. The second kappa shape index (κ2) is 7.47. The number of alkyl halides is 3. The first kappa shape index (κ1) is 20.2. The van der Waals surface area contributed by atoms with Crippen LogP contribution in [-0.4, -0.2) is 56.1 Å². The van der Waals surface area contributed by atoms with E-state index < -0.39 is 22.1 Å². The van der Waals surface area contributed by atoms with Crippen molar-refractivity contribution in [1.29, 1.82) is 0 Å². The van der Waals surface area contributed by atoms with E-state index in [1.54, 1.807) is 13.0 Å². The Morgan fingerprint density at radius 2 is 1.68 bits per heavy atom. The summed E-state index contributed by atoms with van der Waals surface area (Å²) in [6.07, 6.45) is -3.44. The lowest BCUT2D eigenvalue weighted by Gasteiger charge is -2.34. The minimum atomic E-state index is -4.85. The van der Waals surface area contributed by atoms with Crippen LogP contribution in [0.15, 0.2) is 45.9 Å². The van der Waals surface area contributed by atoms with Gasteiger partial charge in [-0.1, -0.05) is 0 Å². The van der Waals surface area contributed by atoms with Crippen molar-refractivity contribution in [2.75, 3.05) is 26.2 Å². The molecule has 0 unspecified atom stereocenters. The SMILES string of the molecule is Cc1occc1C(=O)N1CCN(S(=O)(=O)c2ccc(OC(F)(F)F)cc2)CC1. The second-order valence-electron chi connectivity index (χ2n) is 6.11. The van der Waals surface area contributed by atoms with Crippen molar-refractivity contribution >= 4 is 15.9 Å². The number of benzene rings is 1. The maximum Gasteiger partial charge on any atom is 0.573 e. The quantitative estimate of drug-likeness (QED) is 0.763. The number of furan rings is 1. The molecular formula is C17H17F3N2O5S. The predicted octanol–water partition coefficient (Wildman–Crippen LogP) is 2.63. The van der Waals surface area contributed by atoms with Gasteiger partial charge < -0.3 is 14.1 Å². The molecule has 28 heavy (non-hydrogen) atoms. The summed E-state index contributed by atoms with van der Waals surface area (Å²) >= 11 is 0. The Hall–Kier alpha value is -2.53. The maximum atomic E-state index is 12.7. The summed E-state index contributed by atoms with van der Waals surface area (Å²) in [5, 5.41) is 0. The van der Waals surface area contributed by atoms with Gasteiger partial charge in [-0.25, -0.2) is 8.42 Å². The normalized spacial score (nSPS) is 16.2. The highest BCUT2D eigenvalue weighted by atomic mass is 32.2. The number of hydrogen-bond acceptors (Lipinski definition) is 5. The predicted molar refractivity (Wildman–Crippen MR) is 91.2 cm³/mol. The third-order valence-electron chi connectivity index (χ3n) is 4.31. The van der Waals surface area contributed by atoms with E-state index in [1.165, 1.54) is 15.5 Å². The maximum absolute atomic E-state index is 12.7. The smallest absolute Gasteiger partial charge is 0.469 e. The van der Waals surface area contributed by atoms with E-state index in [4.69, 9.17) is 4.42 Å². The third kappa shape index (κ3) is 4.30. The first-order valence-electron chi connectivity index (χ1n) is 8.27. The summed E-state index contributed by atoms with van der Waals surface area (Å²) in [5.41, 5.74) is 0.427. The monoisotopic (exact) mass is 418 g/mol. The molecule has 2 aromatic rings. The third-order valence-corrected chi connectivity index (χ3v) is 6.22. The lowest BCUT2D eigenvalue weighted by Crippen LogP contribution is -2.50. The van der Waals surface area contributed by atoms with Crippen LogP contribution in [0.2, 0.25) is 0 Å². The van der Waals surface area contributed by atoms with Crippen molar-refractivity contribution in [2.45, 2.75) is 18.2 Å². The Bertz CT molecular complexity index is 946. The van der Waals surface area contributed by atoms with Gasteiger partial charge in [0, 0.05) is 26.2 Å². The minimum absolute atomic E-state index is 0.0752. The molecule has 0 atom stereocenters. The highest BCUT2D eigenvalue weighted by molar-refractivity contribution is 7.89. The van der Waals surface area contributed by atoms with Crippen molar-refractivity contribution in [3.05, 3.63) is 47.9 Å². The van der Waals surface area contributed by atoms with Gasteiger partial charge in [-0.3, -0.25) is 4.79 Å². The number of halogens is 3. The highest BCUT2D eigenvalue weighted by Gasteiger charge is 2.33. The number of ether oxygens (including phenoxy) is 1. The van der Waals surface area contributed by atoms with Crippen molar-refractivity contribution in [3.8, 4) is 5.75 Å². The molecule has 0 saturated carbocycles. The van der Waals surface area contributed by atoms with Gasteiger partial charge in [-0.2, -0.15) is 4.31 Å². The number of carbonyl (C=O) groups excluding carboxylic acids is 1. The molecular weight excluding hydrogens is 401 g/mol. The van der Waals surface area contributed by atoms with E-state index in [9.17, 15) is 26.4 Å². The molecule has 0 spiro atoms. The molecule has 1 aliphatic rings. The van der Waals surface area contributed by atoms with Gasteiger partial charge in [-0.15, -0.1) is 13.2 Å². The average Bonchev–Trinajstić information content (AvgIpc) is 3.06. The molecule has 3 rings (SSSR count). The number of nitrogens with zero attached hydrogens (tertiary/aromatic N) is 2. The summed E-state index contributed by atoms with van der Waals surface area (Å²) in [7, 11) is -3.89. The van der Waals surface area contributed by atoms with Crippen LogP contribution in [0.3, 0.4) is 0 Å². The Labute approximate surface area is 159 Å². The van der Waals surface area contributed by atoms with Crippen molar-refractivity contribution in [1.82, 2.24) is 9.21 Å². The first-order chi connectivity index (χ1) is 13.1. The zero-order chi connectivity index (χ0) is 20.5. The van der Waals surface area contributed by atoms with Gasteiger partial charge in [0.1, 0.15) is 11.5 Å². The van der Waals surface area contributed by atoms with Gasteiger partial charge in [-0.05, 0) is 37.3 Å². The zero-order valence-corrected chi connectivity index (χ0v) is 15.6. The summed E-state index contributed by atoms with van der Waals surface area (Å²) in [4.78, 5) is 13.8. The van der Waals surface area contributed by atoms with E-state index in [2.05, 4.69) is 4.74 Å². The average molecular weight is 418 g/mol. The van der Waals surface area contributed by atoms with E-state index in [1.807, 2.05) is 0 Å². The fraction of sp³-hybridized carbons (Fsp3) is 0.353. The first-order valence-corrected chi connectivity index (χ1v) is 9.71. The number of hydrogen-bond donors (Lipinski definition) is 0. The molecule has 0 aliphatic carbocycles. The molecule has 0 bridgehead atoms. The summed E-state index contributed by atoms with van der Waals surface area (Å²) < 4.78 is 72.0. The lowest BCUT2D eigenvalue weighted by molar-refractivity contribution is -0.274. The van der Waals surface area contributed by atoms with Crippen LogP contribution in [0.4, 0.5) is 13.2 Å². The Morgan fingerprint density at radius 3 is 2.18 bits per heavy atom. The van der Waals surface area contributed by atoms with Crippen LogP contribution in [0, 0.1) is 6.92 Å². The van der Waals surface area contributed by atoms with Gasteiger partial charge in [0.25, 0.3) is 5.91 Å². The molecule has 11 heteroatoms. The van der Waals surface area contributed by atoms with Crippen LogP contribution in [0.25, 0.3) is 0 Å². The van der Waals surface area contributed by atoms with E-state index in [-0.39, 0.29) is 37.0 Å². The molecule has 0 radical (unpaired) electrons. The van der Waals surface area contributed by atoms with Gasteiger partial charge in [0.15, 0.2) is 0 Å². The van der Waals surface area contributed by atoms with Crippen LogP contribution in [0.5, 0.6) is 5.75 Å². The fourth-order valence-corrected chi connectivity index (χ4v) is 4.29. The van der Waals surface area contributed by atoms with Crippen LogP contribution < -0.4 is 4.74 Å². The molecule has 7 nitrogen and oxygen atoms in total. The standard InChI is InChI=1S/C17H17F3N2O5S/c1-12-15(6-11-26-12)16(23)21-7-9-22(10-8-21)28(24,25)14-4-2-13(3-5-14)27-17(18,19)20/h2-6,11H,7-10H2,1H3. The number of amides is 1. The Kier molecular flexibility index (Phi) is 5.39. The number of aryl methyl sites for hydroxylation is 1. The molecule has 1 fully saturated rings. The van der Waals surface area contributed by atoms with Gasteiger partial charge in [0.05, 0.1) is 16.7 Å². The molecule has 1 aromatic heterocycles. The number of rotatable bonds is 4. The molecule has 152 valence electrons. The number of piperazine rings is 1. The largest absolute Gasteiger partial charge is 0.573 e. The van der Waals surface area contributed by atoms with E-state index in [0.717, 1.165) is 24.3 Å². The van der Waals surface area contributed by atoms with Gasteiger partial charge in [0.2, 0.25) is 10.0 Å². The summed E-state index contributed by atoms with van der Waals surface area (Å²) in [6.45, 7) is 2.20. The van der Waals surface area contributed by atoms with Crippen LogP contribution in [-0.2, 0) is 10.0 Å². The van der Waals surface area contributed by atoms with Crippen molar-refractivity contribution in [3.63, 3.8) is 0 Å². The van der Waals surface area contributed by atoms with Crippen molar-refractivity contribution < 1.29 is 35.5 Å². The van der Waals surface area contributed by atoms with E-state index >= 15 is 0 Å². The molecule has 1 amide bonds. The molecule has 0 N–H and O–H groups in total. The Morgan fingerprint density at radius 1 is 1.07 bits per heavy atom. The van der Waals surface area contributed by atoms with Crippen molar-refractivity contribution in [2.24, 2.45) is 0 Å². The lowest BCUT2D eigenvalue weighted by atomic mass is 10.2. The molecule has 1 aliphatic heterocycles. The fourth-order valence-electron chi connectivity index (χ4n) is 2.87. The minimum Gasteiger partial charge on any atom is -0.469 e. The topological polar surface area (TPSA) is 80.1 Å². The Balaban J connectivity index is 1.66. The molecule has 2 heterocycles. The highest BCUT2D eigenvalue weighted by Crippen LogP contribution is 2.25. The van der Waals surface area contributed by atoms with Gasteiger partial charge >= 0.3 is 6.36 Å². The molecule has 1 aromatic carbocycles. The van der Waals surface area contributed by atoms with E-state index in [0.29, 0.717) is 11.3 Å². The zero-order valence-electron chi connectivity index (χ0n) is 14.8. The number of sulfonamides is 1. The van der Waals surface area contributed by atoms with Crippen LogP contribution >= 0.6 is 0 Å².